The Balaban J connectivity index is 1.29. The number of hydrogen-bond donors (Lipinski definition) is 2. The van der Waals surface area contributed by atoms with Crippen molar-refractivity contribution in [1.82, 2.24) is 10.3 Å². The Bertz CT molecular complexity index is 1660. The van der Waals surface area contributed by atoms with E-state index in [2.05, 4.69) is 10.3 Å². The van der Waals surface area contributed by atoms with Crippen LogP contribution in [0.1, 0.15) is 53.7 Å². The highest BCUT2D eigenvalue weighted by molar-refractivity contribution is 6.04. The van der Waals surface area contributed by atoms with E-state index in [0.29, 0.717) is 30.4 Å². The molecule has 0 spiro atoms. The van der Waals surface area contributed by atoms with Crippen LogP contribution >= 0.6 is 0 Å². The van der Waals surface area contributed by atoms with Gasteiger partial charge in [-0.15, -0.1) is 0 Å². The summed E-state index contributed by atoms with van der Waals surface area (Å²) >= 11 is 0. The van der Waals surface area contributed by atoms with Gasteiger partial charge in [0, 0.05) is 35.7 Å². The summed E-state index contributed by atoms with van der Waals surface area (Å²) in [6, 6.07) is 17.3. The van der Waals surface area contributed by atoms with E-state index in [0.717, 1.165) is 52.9 Å². The van der Waals surface area contributed by atoms with Gasteiger partial charge < -0.3 is 24.3 Å². The number of oxazole rings is 1. The predicted molar refractivity (Wildman–Crippen MR) is 166 cm³/mol. The SMILES string of the molecule is CC(=CC(=O)c1ccc(C(F)(F)F)cc1)N[C@@H](Cc1ccc(OCCc2nc(-c3ccc(OC(C)C)cc3)oc2C)cc1)C(=O)O. The lowest BCUT2D eigenvalue weighted by molar-refractivity contribution is -0.139. The zero-order valence-corrected chi connectivity index (χ0v) is 25.9. The fourth-order valence-corrected chi connectivity index (χ4v) is 4.57. The van der Waals surface area contributed by atoms with Crippen LogP contribution in [0.5, 0.6) is 11.5 Å². The van der Waals surface area contributed by atoms with Gasteiger partial charge in [-0.2, -0.15) is 13.2 Å². The summed E-state index contributed by atoms with van der Waals surface area (Å²) in [7, 11) is 0. The predicted octanol–water partition coefficient (Wildman–Crippen LogP) is 7.45. The number of aryl methyl sites for hydroxylation is 1. The number of ether oxygens (including phenoxy) is 2. The second-order valence-electron chi connectivity index (χ2n) is 11.0. The second kappa shape index (κ2) is 14.8. The van der Waals surface area contributed by atoms with Crippen molar-refractivity contribution in [3.63, 3.8) is 0 Å². The lowest BCUT2D eigenvalue weighted by Crippen LogP contribution is -2.37. The summed E-state index contributed by atoms with van der Waals surface area (Å²) in [6.07, 6.45) is -2.63. The van der Waals surface area contributed by atoms with Crippen LogP contribution in [0.15, 0.2) is 89.0 Å². The summed E-state index contributed by atoms with van der Waals surface area (Å²) in [6.45, 7) is 7.66. The van der Waals surface area contributed by atoms with Gasteiger partial charge >= 0.3 is 12.1 Å². The van der Waals surface area contributed by atoms with Gasteiger partial charge in [0.1, 0.15) is 23.3 Å². The number of alkyl halides is 3. The first-order valence-corrected chi connectivity index (χ1v) is 14.6. The molecule has 0 aliphatic heterocycles. The Kier molecular flexibility index (Phi) is 10.9. The number of carbonyl (C=O) groups is 2. The summed E-state index contributed by atoms with van der Waals surface area (Å²) in [4.78, 5) is 29.0. The molecule has 46 heavy (non-hydrogen) atoms. The molecule has 0 aliphatic rings. The molecular formula is C35H35F3N2O6. The quantitative estimate of drug-likeness (QED) is 0.109. The average molecular weight is 637 g/mol. The molecule has 1 heterocycles. The molecule has 0 fully saturated rings. The van der Waals surface area contributed by atoms with E-state index in [9.17, 15) is 27.9 Å². The van der Waals surface area contributed by atoms with Gasteiger partial charge in [0.25, 0.3) is 0 Å². The Labute approximate surface area is 264 Å². The first kappa shape index (κ1) is 33.8. The number of benzene rings is 3. The van der Waals surface area contributed by atoms with E-state index in [4.69, 9.17) is 13.9 Å². The lowest BCUT2D eigenvalue weighted by Gasteiger charge is -2.16. The molecule has 0 aliphatic carbocycles. The van der Waals surface area contributed by atoms with Crippen molar-refractivity contribution in [3.8, 4) is 23.0 Å². The van der Waals surface area contributed by atoms with Crippen molar-refractivity contribution >= 4 is 11.8 Å². The van der Waals surface area contributed by atoms with E-state index in [1.807, 2.05) is 45.0 Å². The normalized spacial score (nSPS) is 12.6. The third-order valence-corrected chi connectivity index (χ3v) is 6.88. The highest BCUT2D eigenvalue weighted by Crippen LogP contribution is 2.29. The topological polar surface area (TPSA) is 111 Å². The minimum Gasteiger partial charge on any atom is -0.493 e. The molecule has 4 rings (SSSR count). The number of rotatable bonds is 14. The van der Waals surface area contributed by atoms with Crippen molar-refractivity contribution in [1.29, 1.82) is 0 Å². The average Bonchev–Trinajstić information content (AvgIpc) is 3.37. The molecule has 242 valence electrons. The van der Waals surface area contributed by atoms with E-state index >= 15 is 0 Å². The zero-order valence-electron chi connectivity index (χ0n) is 25.9. The summed E-state index contributed by atoms with van der Waals surface area (Å²) in [5.74, 6) is 0.917. The van der Waals surface area contributed by atoms with Crippen LogP contribution in [0.4, 0.5) is 13.2 Å². The van der Waals surface area contributed by atoms with Gasteiger partial charge in [0.2, 0.25) is 5.89 Å². The number of hydrogen-bond acceptors (Lipinski definition) is 7. The highest BCUT2D eigenvalue weighted by atomic mass is 19.4. The maximum atomic E-state index is 12.8. The number of carboxylic acid groups (broad SMARTS) is 1. The molecule has 0 saturated carbocycles. The molecule has 8 nitrogen and oxygen atoms in total. The van der Waals surface area contributed by atoms with E-state index in [1.54, 1.807) is 24.3 Å². The van der Waals surface area contributed by atoms with Crippen molar-refractivity contribution in [3.05, 3.63) is 113 Å². The standard InChI is InChI=1S/C35H35F3N2O6/c1-21(2)45-29-15-9-26(10-16-29)33-40-30(23(4)46-33)17-18-44-28-13-5-24(6-14-28)20-31(34(42)43)39-22(3)19-32(41)25-7-11-27(12-8-25)35(36,37)38/h5-16,19,21,31,39H,17-18,20H2,1-4H3,(H,42,43)/t31-/m0/s1. The summed E-state index contributed by atoms with van der Waals surface area (Å²) in [5.41, 5.74) is 1.80. The number of aliphatic carboxylic acids is 1. The fourth-order valence-electron chi connectivity index (χ4n) is 4.57. The van der Waals surface area contributed by atoms with Gasteiger partial charge in [-0.05, 0) is 81.8 Å². The summed E-state index contributed by atoms with van der Waals surface area (Å²) in [5, 5.41) is 12.5. The number of carbonyl (C=O) groups excluding carboxylic acids is 1. The number of allylic oxidation sites excluding steroid dienone is 2. The van der Waals surface area contributed by atoms with Crippen LogP contribution in [-0.4, -0.2) is 40.6 Å². The molecule has 2 N–H and O–H groups in total. The number of carboxylic acids is 1. The molecule has 0 saturated heterocycles. The minimum atomic E-state index is -4.51. The first-order chi connectivity index (χ1) is 21.8. The van der Waals surface area contributed by atoms with Crippen molar-refractivity contribution < 1.29 is 41.8 Å². The molecule has 3 aromatic carbocycles. The molecule has 0 unspecified atom stereocenters. The Morgan fingerprint density at radius 2 is 1.61 bits per heavy atom. The highest BCUT2D eigenvalue weighted by Gasteiger charge is 2.30. The van der Waals surface area contributed by atoms with Gasteiger partial charge in [0.05, 0.1) is 24.0 Å². The van der Waals surface area contributed by atoms with Crippen LogP contribution < -0.4 is 14.8 Å². The smallest absolute Gasteiger partial charge is 0.416 e. The van der Waals surface area contributed by atoms with E-state index in [-0.39, 0.29) is 23.8 Å². The molecular weight excluding hydrogens is 601 g/mol. The molecule has 0 amide bonds. The molecule has 1 atom stereocenters. The van der Waals surface area contributed by atoms with Crippen LogP contribution in [0.3, 0.4) is 0 Å². The molecule has 11 heteroatoms. The number of aromatic nitrogens is 1. The van der Waals surface area contributed by atoms with Crippen LogP contribution in [0.25, 0.3) is 11.5 Å². The largest absolute Gasteiger partial charge is 0.493 e. The molecule has 4 aromatic rings. The van der Waals surface area contributed by atoms with Crippen molar-refractivity contribution in [2.24, 2.45) is 0 Å². The Morgan fingerprint density at radius 1 is 0.978 bits per heavy atom. The monoisotopic (exact) mass is 636 g/mol. The second-order valence-corrected chi connectivity index (χ2v) is 11.0. The first-order valence-electron chi connectivity index (χ1n) is 14.6. The fraction of sp³-hybridized carbons (Fsp3) is 0.286. The number of ketones is 1. The third-order valence-electron chi connectivity index (χ3n) is 6.88. The third kappa shape index (κ3) is 9.47. The number of halogens is 3. The number of nitrogens with zero attached hydrogens (tertiary/aromatic N) is 1. The Hall–Kier alpha value is -5.06. The number of nitrogens with one attached hydrogen (secondary N) is 1. The van der Waals surface area contributed by atoms with E-state index < -0.39 is 29.5 Å². The molecule has 0 bridgehead atoms. The minimum absolute atomic E-state index is 0.0538. The van der Waals surface area contributed by atoms with Crippen LogP contribution in [0, 0.1) is 6.92 Å². The van der Waals surface area contributed by atoms with Gasteiger partial charge in [0.15, 0.2) is 5.78 Å². The summed E-state index contributed by atoms with van der Waals surface area (Å²) < 4.78 is 55.8. The van der Waals surface area contributed by atoms with Crippen LogP contribution in [-0.2, 0) is 23.8 Å². The lowest BCUT2D eigenvalue weighted by atomic mass is 10.0. The van der Waals surface area contributed by atoms with Crippen LogP contribution in [0.2, 0.25) is 0 Å². The Morgan fingerprint density at radius 3 is 2.20 bits per heavy atom. The maximum absolute atomic E-state index is 12.8. The molecule has 1 aromatic heterocycles. The van der Waals surface area contributed by atoms with Crippen molar-refractivity contribution in [2.45, 2.75) is 58.9 Å². The molecule has 0 radical (unpaired) electrons. The zero-order chi connectivity index (χ0) is 33.4. The maximum Gasteiger partial charge on any atom is 0.416 e. The van der Waals surface area contributed by atoms with Crippen molar-refractivity contribution in [2.75, 3.05) is 6.61 Å². The van der Waals surface area contributed by atoms with Gasteiger partial charge in [-0.3, -0.25) is 4.79 Å². The van der Waals surface area contributed by atoms with Gasteiger partial charge in [-0.1, -0.05) is 24.3 Å². The van der Waals surface area contributed by atoms with E-state index in [1.165, 1.54) is 6.92 Å². The van der Waals surface area contributed by atoms with Gasteiger partial charge in [-0.25, -0.2) is 9.78 Å².